The molecule has 0 saturated heterocycles. The van der Waals surface area contributed by atoms with Crippen molar-refractivity contribution < 1.29 is 13.2 Å². The summed E-state index contributed by atoms with van der Waals surface area (Å²) in [5.41, 5.74) is 0. The van der Waals surface area contributed by atoms with Gasteiger partial charge in [-0.3, -0.25) is 4.79 Å². The van der Waals surface area contributed by atoms with Crippen LogP contribution >= 0.6 is 0 Å². The van der Waals surface area contributed by atoms with E-state index < -0.39 is 15.1 Å². The van der Waals surface area contributed by atoms with Crippen LogP contribution in [0.4, 0.5) is 0 Å². The van der Waals surface area contributed by atoms with Crippen LogP contribution in [-0.2, 0) is 14.6 Å². The van der Waals surface area contributed by atoms with Gasteiger partial charge in [0.15, 0.2) is 9.84 Å². The van der Waals surface area contributed by atoms with Gasteiger partial charge in [0.05, 0.1) is 11.0 Å². The Hall–Kier alpha value is -0.380. The van der Waals surface area contributed by atoms with Crippen LogP contribution in [0, 0.1) is 5.92 Å². The molecule has 1 aliphatic rings. The third-order valence-electron chi connectivity index (χ3n) is 2.98. The Balaban J connectivity index is 2.69. The Morgan fingerprint density at radius 3 is 2.50 bits per heavy atom. The van der Waals surface area contributed by atoms with Gasteiger partial charge in [-0.2, -0.15) is 0 Å². The molecule has 0 aromatic carbocycles. The van der Waals surface area contributed by atoms with Crippen molar-refractivity contribution in [3.05, 3.63) is 0 Å². The molecule has 3 nitrogen and oxygen atoms in total. The Bertz CT molecular complexity index is 305. The topological polar surface area (TPSA) is 51.2 Å². The van der Waals surface area contributed by atoms with E-state index in [0.29, 0.717) is 19.3 Å². The van der Waals surface area contributed by atoms with Gasteiger partial charge in [0.2, 0.25) is 0 Å². The Morgan fingerprint density at radius 1 is 1.43 bits per heavy atom. The predicted octanol–water partition coefficient (Wildman–Crippen LogP) is 1.57. The van der Waals surface area contributed by atoms with Crippen LogP contribution in [0.3, 0.4) is 0 Å². The molecule has 0 aliphatic heterocycles. The number of carbonyl (C=O) groups is 1. The second kappa shape index (κ2) is 4.43. The summed E-state index contributed by atoms with van der Waals surface area (Å²) in [6.45, 7) is 3.71. The van der Waals surface area contributed by atoms with Crippen LogP contribution in [0.2, 0.25) is 0 Å². The van der Waals surface area contributed by atoms with Crippen molar-refractivity contribution in [2.45, 2.75) is 44.8 Å². The molecule has 14 heavy (non-hydrogen) atoms. The smallest absolute Gasteiger partial charge is 0.153 e. The molecule has 2 unspecified atom stereocenters. The van der Waals surface area contributed by atoms with E-state index in [-0.39, 0.29) is 17.5 Å². The zero-order valence-electron chi connectivity index (χ0n) is 8.82. The summed E-state index contributed by atoms with van der Waals surface area (Å²) in [5.74, 6) is 0.0677. The normalized spacial score (nSPS) is 28.3. The first-order chi connectivity index (χ1) is 6.49. The lowest BCUT2D eigenvalue weighted by Gasteiger charge is -2.14. The van der Waals surface area contributed by atoms with Gasteiger partial charge < -0.3 is 0 Å². The summed E-state index contributed by atoms with van der Waals surface area (Å²) in [6, 6.07) is 0. The van der Waals surface area contributed by atoms with Crippen LogP contribution in [0.1, 0.15) is 39.5 Å². The molecule has 1 saturated carbocycles. The second-order valence-corrected chi connectivity index (χ2v) is 6.39. The van der Waals surface area contributed by atoms with E-state index in [4.69, 9.17) is 0 Å². The van der Waals surface area contributed by atoms with Crippen molar-refractivity contribution in [2.75, 3.05) is 5.75 Å². The van der Waals surface area contributed by atoms with E-state index in [1.807, 2.05) is 6.92 Å². The molecule has 82 valence electrons. The number of Topliss-reactive ketones (excluding diaryl/α,β-unsaturated/α-hetero) is 1. The van der Waals surface area contributed by atoms with E-state index >= 15 is 0 Å². The highest BCUT2D eigenvalue weighted by Gasteiger charge is 2.39. The van der Waals surface area contributed by atoms with Gasteiger partial charge >= 0.3 is 0 Å². The molecule has 1 rings (SSSR count). The lowest BCUT2D eigenvalue weighted by Crippen LogP contribution is -2.28. The van der Waals surface area contributed by atoms with Crippen LogP contribution < -0.4 is 0 Å². The third kappa shape index (κ3) is 2.35. The summed E-state index contributed by atoms with van der Waals surface area (Å²) in [7, 11) is -3.03. The van der Waals surface area contributed by atoms with E-state index in [0.717, 1.165) is 6.42 Å². The van der Waals surface area contributed by atoms with Crippen LogP contribution in [0.25, 0.3) is 0 Å². The number of hydrogen-bond acceptors (Lipinski definition) is 3. The lowest BCUT2D eigenvalue weighted by molar-refractivity contribution is -0.120. The molecular formula is C10H18O3S. The molecule has 0 heterocycles. The fraction of sp³-hybridized carbons (Fsp3) is 0.900. The predicted molar refractivity (Wildman–Crippen MR) is 55.9 cm³/mol. The highest BCUT2D eigenvalue weighted by Crippen LogP contribution is 2.28. The molecular weight excluding hydrogens is 200 g/mol. The number of unbranched alkanes of at least 4 members (excludes halogenated alkanes) is 1. The first-order valence-electron chi connectivity index (χ1n) is 5.23. The van der Waals surface area contributed by atoms with Gasteiger partial charge in [-0.15, -0.1) is 0 Å². The van der Waals surface area contributed by atoms with Crippen molar-refractivity contribution in [2.24, 2.45) is 5.92 Å². The Morgan fingerprint density at radius 2 is 2.07 bits per heavy atom. The maximum absolute atomic E-state index is 11.8. The minimum atomic E-state index is -3.03. The minimum Gasteiger partial charge on any atom is -0.299 e. The summed E-state index contributed by atoms with van der Waals surface area (Å²) in [5, 5.41) is -0.401. The summed E-state index contributed by atoms with van der Waals surface area (Å²) in [6.07, 6.45) is 2.57. The van der Waals surface area contributed by atoms with E-state index in [9.17, 15) is 13.2 Å². The number of ketones is 1. The molecule has 0 bridgehead atoms. The third-order valence-corrected chi connectivity index (χ3v) is 5.41. The summed E-state index contributed by atoms with van der Waals surface area (Å²) in [4.78, 5) is 11.2. The van der Waals surface area contributed by atoms with Crippen LogP contribution in [0.15, 0.2) is 0 Å². The molecule has 2 atom stereocenters. The summed E-state index contributed by atoms with van der Waals surface area (Å²) < 4.78 is 23.6. The number of rotatable bonds is 4. The molecule has 1 fully saturated rings. The SMILES string of the molecule is CCCCS(=O)(=O)C1CCC(=O)C1C. The van der Waals surface area contributed by atoms with Gasteiger partial charge in [0, 0.05) is 12.3 Å². The van der Waals surface area contributed by atoms with Crippen molar-refractivity contribution in [3.8, 4) is 0 Å². The molecule has 0 N–H and O–H groups in total. The highest BCUT2D eigenvalue weighted by molar-refractivity contribution is 7.92. The standard InChI is InChI=1S/C10H18O3S/c1-3-4-7-14(12,13)10-6-5-9(11)8(10)2/h8,10H,3-7H2,1-2H3. The van der Waals surface area contributed by atoms with Gasteiger partial charge in [-0.25, -0.2) is 8.42 Å². The Kier molecular flexibility index (Phi) is 3.70. The number of hydrogen-bond donors (Lipinski definition) is 0. The van der Waals surface area contributed by atoms with Crippen molar-refractivity contribution in [1.29, 1.82) is 0 Å². The summed E-state index contributed by atoms with van der Waals surface area (Å²) >= 11 is 0. The molecule has 0 radical (unpaired) electrons. The molecule has 4 heteroatoms. The second-order valence-electron chi connectivity index (χ2n) is 4.05. The molecule has 0 aromatic heterocycles. The Labute approximate surface area is 85.8 Å². The lowest BCUT2D eigenvalue weighted by atomic mass is 10.1. The zero-order valence-corrected chi connectivity index (χ0v) is 9.64. The van der Waals surface area contributed by atoms with Crippen molar-refractivity contribution in [1.82, 2.24) is 0 Å². The maximum atomic E-state index is 11.8. The van der Waals surface area contributed by atoms with E-state index in [2.05, 4.69) is 0 Å². The van der Waals surface area contributed by atoms with Crippen molar-refractivity contribution >= 4 is 15.6 Å². The average Bonchev–Trinajstić information content (AvgIpc) is 2.45. The first kappa shape index (κ1) is 11.7. The number of carbonyl (C=O) groups excluding carboxylic acids is 1. The van der Waals surface area contributed by atoms with E-state index in [1.54, 1.807) is 6.92 Å². The fourth-order valence-electron chi connectivity index (χ4n) is 1.96. The van der Waals surface area contributed by atoms with E-state index in [1.165, 1.54) is 0 Å². The maximum Gasteiger partial charge on any atom is 0.153 e. The van der Waals surface area contributed by atoms with Crippen molar-refractivity contribution in [3.63, 3.8) is 0 Å². The monoisotopic (exact) mass is 218 g/mol. The van der Waals surface area contributed by atoms with Gasteiger partial charge in [0.25, 0.3) is 0 Å². The number of sulfone groups is 1. The average molecular weight is 218 g/mol. The van der Waals surface area contributed by atoms with Gasteiger partial charge in [-0.05, 0) is 12.8 Å². The van der Waals surface area contributed by atoms with Crippen LogP contribution in [-0.4, -0.2) is 25.2 Å². The van der Waals surface area contributed by atoms with Crippen LogP contribution in [0.5, 0.6) is 0 Å². The quantitative estimate of drug-likeness (QED) is 0.719. The fourth-order valence-corrected chi connectivity index (χ4v) is 4.20. The first-order valence-corrected chi connectivity index (χ1v) is 6.95. The minimum absolute atomic E-state index is 0.107. The zero-order chi connectivity index (χ0) is 10.8. The van der Waals surface area contributed by atoms with Gasteiger partial charge in [-0.1, -0.05) is 20.3 Å². The largest absolute Gasteiger partial charge is 0.299 e. The molecule has 1 aliphatic carbocycles. The molecule has 0 amide bonds. The highest BCUT2D eigenvalue weighted by atomic mass is 32.2. The molecule has 0 aromatic rings. The molecule has 0 spiro atoms. The van der Waals surface area contributed by atoms with Gasteiger partial charge in [0.1, 0.15) is 5.78 Å².